The number of allylic oxidation sites excluding steroid dienone is 2. The van der Waals surface area contributed by atoms with Crippen LogP contribution in [0.4, 0.5) is 0 Å². The molecule has 0 radical (unpaired) electrons. The Hall–Kier alpha value is -0.258. The zero-order chi connectivity index (χ0) is 14.8. The molecule has 6 nitrogen and oxygen atoms in total. The summed E-state index contributed by atoms with van der Waals surface area (Å²) in [4.78, 5) is 0. The Kier molecular flexibility index (Phi) is 12.2. The molecule has 4 unspecified atom stereocenters. The van der Waals surface area contributed by atoms with Crippen LogP contribution < -0.4 is 10.6 Å². The molecular formula is C14H26N4O2Pd. The van der Waals surface area contributed by atoms with Crippen LogP contribution in [0.15, 0.2) is 24.4 Å². The van der Waals surface area contributed by atoms with Crippen LogP contribution in [0.3, 0.4) is 0 Å². The molecule has 1 fully saturated rings. The van der Waals surface area contributed by atoms with E-state index in [9.17, 15) is 0 Å². The summed E-state index contributed by atoms with van der Waals surface area (Å²) in [5.41, 5.74) is 0. The number of aliphatic hydroxyl groups is 2. The van der Waals surface area contributed by atoms with Gasteiger partial charge in [0, 0.05) is 0 Å². The Labute approximate surface area is 141 Å². The number of nitrogens with one attached hydrogen (secondary N) is 2. The fourth-order valence-corrected chi connectivity index (χ4v) is 1.96. The Morgan fingerprint density at radius 1 is 1.10 bits per heavy atom. The summed E-state index contributed by atoms with van der Waals surface area (Å²) in [6.07, 6.45) is 10.0. The van der Waals surface area contributed by atoms with Crippen molar-refractivity contribution in [2.75, 3.05) is 6.54 Å². The molecule has 4 atom stereocenters. The molecule has 0 spiro atoms. The molecule has 2 aliphatic rings. The van der Waals surface area contributed by atoms with Gasteiger partial charge < -0.3 is 31.5 Å². The zero-order valence-electron chi connectivity index (χ0n) is 12.6. The summed E-state index contributed by atoms with van der Waals surface area (Å²) in [5, 5.41) is 31.9. The van der Waals surface area contributed by atoms with Crippen LogP contribution in [-0.4, -0.2) is 41.5 Å². The van der Waals surface area contributed by atoms with E-state index in [1.165, 1.54) is 12.8 Å². The maximum absolute atomic E-state index is 8.93. The van der Waals surface area contributed by atoms with Crippen LogP contribution in [0, 0.1) is 0 Å². The first-order valence-corrected chi connectivity index (χ1v) is 7.16. The van der Waals surface area contributed by atoms with Crippen LogP contribution in [0.25, 0.3) is 10.6 Å². The third-order valence-corrected chi connectivity index (χ3v) is 2.82. The van der Waals surface area contributed by atoms with Crippen molar-refractivity contribution in [2.24, 2.45) is 0 Å². The number of hydrogen-bond acceptors (Lipinski definition) is 4. The number of hydrogen-bond donors (Lipinski definition) is 4. The zero-order valence-corrected chi connectivity index (χ0v) is 14.1. The summed E-state index contributed by atoms with van der Waals surface area (Å²) < 4.78 is 0. The first-order chi connectivity index (χ1) is 9.58. The standard InChI is InChI=1S/C7H15N2O.C7H11N2O.Pd/c2*1-6(10)9-7-4-2-3-5-8-7;/h6-7,9-10H,2-5H2,1H3;2-7,9-10H,1H3;/q2*-1;+2. The van der Waals surface area contributed by atoms with Crippen LogP contribution in [-0.2, 0) is 20.4 Å². The van der Waals surface area contributed by atoms with Crippen molar-refractivity contribution in [3.63, 3.8) is 0 Å². The molecule has 4 N–H and O–H groups in total. The van der Waals surface area contributed by atoms with Crippen LogP contribution in [0.2, 0.25) is 0 Å². The quantitative estimate of drug-likeness (QED) is 0.434. The van der Waals surface area contributed by atoms with Crippen molar-refractivity contribution in [1.82, 2.24) is 10.6 Å². The fraction of sp³-hybridized carbons (Fsp3) is 0.714. The van der Waals surface area contributed by atoms with Crippen molar-refractivity contribution in [1.29, 1.82) is 0 Å². The van der Waals surface area contributed by atoms with E-state index < -0.39 is 12.5 Å². The second-order valence-corrected chi connectivity index (χ2v) is 4.92. The van der Waals surface area contributed by atoms with Gasteiger partial charge in [-0.25, -0.2) is 0 Å². The largest absolute Gasteiger partial charge is 2.00 e. The molecule has 2 rings (SSSR count). The van der Waals surface area contributed by atoms with Crippen molar-refractivity contribution in [3.05, 3.63) is 35.1 Å². The third-order valence-electron chi connectivity index (χ3n) is 2.82. The molecular weight excluding hydrogens is 363 g/mol. The normalized spacial score (nSPS) is 26.7. The van der Waals surface area contributed by atoms with Gasteiger partial charge in [0.25, 0.3) is 0 Å². The van der Waals surface area contributed by atoms with Gasteiger partial charge in [0.2, 0.25) is 0 Å². The van der Waals surface area contributed by atoms with Gasteiger partial charge in [0.15, 0.2) is 0 Å². The number of aliphatic hydroxyl groups excluding tert-OH is 2. The molecule has 0 aromatic heterocycles. The molecule has 2 heterocycles. The summed E-state index contributed by atoms with van der Waals surface area (Å²) >= 11 is 0. The Balaban J connectivity index is 0.000000364. The molecule has 1 saturated heterocycles. The van der Waals surface area contributed by atoms with E-state index in [0.29, 0.717) is 0 Å². The average molecular weight is 389 g/mol. The van der Waals surface area contributed by atoms with Gasteiger partial charge in [-0.15, -0.1) is 6.54 Å². The summed E-state index contributed by atoms with van der Waals surface area (Å²) in [7, 11) is 0. The summed E-state index contributed by atoms with van der Waals surface area (Å²) in [5.74, 6) is 0. The molecule has 0 aliphatic carbocycles. The maximum atomic E-state index is 8.93. The first-order valence-electron chi connectivity index (χ1n) is 7.16. The first kappa shape index (κ1) is 20.7. The Bertz CT molecular complexity index is 305. The van der Waals surface area contributed by atoms with Gasteiger partial charge >= 0.3 is 20.4 Å². The van der Waals surface area contributed by atoms with Gasteiger partial charge in [-0.1, -0.05) is 43.7 Å². The number of piperidine rings is 1. The van der Waals surface area contributed by atoms with Crippen molar-refractivity contribution in [3.8, 4) is 0 Å². The van der Waals surface area contributed by atoms with E-state index >= 15 is 0 Å². The van der Waals surface area contributed by atoms with E-state index in [1.807, 2.05) is 18.2 Å². The van der Waals surface area contributed by atoms with Gasteiger partial charge in [-0.05, 0) is 20.0 Å². The van der Waals surface area contributed by atoms with Gasteiger partial charge in [-0.3, -0.25) is 0 Å². The van der Waals surface area contributed by atoms with Gasteiger partial charge in [0.05, 0.1) is 0 Å². The summed E-state index contributed by atoms with van der Waals surface area (Å²) in [6, 6.07) is 0. The fourth-order valence-electron chi connectivity index (χ4n) is 1.96. The molecule has 21 heavy (non-hydrogen) atoms. The van der Waals surface area contributed by atoms with Crippen molar-refractivity contribution in [2.45, 2.75) is 57.9 Å². The minimum Gasteiger partial charge on any atom is -0.673 e. The van der Waals surface area contributed by atoms with E-state index in [4.69, 9.17) is 10.2 Å². The minimum absolute atomic E-state index is 0. The third kappa shape index (κ3) is 11.0. The van der Waals surface area contributed by atoms with Crippen LogP contribution in [0.5, 0.6) is 0 Å². The molecule has 0 bridgehead atoms. The second kappa shape index (κ2) is 12.3. The van der Waals surface area contributed by atoms with E-state index in [1.54, 1.807) is 20.0 Å². The van der Waals surface area contributed by atoms with Crippen molar-refractivity contribution >= 4 is 0 Å². The molecule has 0 saturated carbocycles. The van der Waals surface area contributed by atoms with E-state index in [0.717, 1.165) is 13.0 Å². The summed E-state index contributed by atoms with van der Waals surface area (Å²) in [6.45, 7) is 4.34. The van der Waals surface area contributed by atoms with Crippen molar-refractivity contribution < 1.29 is 30.6 Å². The second-order valence-electron chi connectivity index (χ2n) is 4.92. The monoisotopic (exact) mass is 388 g/mol. The number of rotatable bonds is 4. The van der Waals surface area contributed by atoms with Crippen LogP contribution >= 0.6 is 0 Å². The predicted octanol–water partition coefficient (Wildman–Crippen LogP) is 1.49. The van der Waals surface area contributed by atoms with Gasteiger partial charge in [0.1, 0.15) is 12.5 Å². The predicted molar refractivity (Wildman–Crippen MR) is 80.9 cm³/mol. The van der Waals surface area contributed by atoms with E-state index in [-0.39, 0.29) is 32.8 Å². The molecule has 7 heteroatoms. The Morgan fingerprint density at radius 2 is 1.81 bits per heavy atom. The molecule has 0 aromatic rings. The van der Waals surface area contributed by atoms with Crippen LogP contribution in [0.1, 0.15) is 33.1 Å². The molecule has 0 amide bonds. The van der Waals surface area contributed by atoms with E-state index in [2.05, 4.69) is 21.3 Å². The van der Waals surface area contributed by atoms with Gasteiger partial charge in [-0.2, -0.15) is 6.20 Å². The minimum atomic E-state index is -0.509. The average Bonchev–Trinajstić information content (AvgIpc) is 2.40. The Morgan fingerprint density at radius 3 is 2.29 bits per heavy atom. The smallest absolute Gasteiger partial charge is 0.673 e. The maximum Gasteiger partial charge on any atom is 2.00 e. The topological polar surface area (TPSA) is 92.7 Å². The SMILES string of the molecule is CC(O)NC1C=CC=C[N-]1.CC(O)NC1CCCC[N-]1.[Pd+2]. The molecule has 2 aliphatic heterocycles. The molecule has 0 aromatic carbocycles. The molecule has 124 valence electrons. The number of nitrogens with zero attached hydrogens (tertiary/aromatic N) is 2.